The summed E-state index contributed by atoms with van der Waals surface area (Å²) in [5.74, 6) is -0.742. The molecule has 1 atom stereocenters. The van der Waals surface area contributed by atoms with Crippen LogP contribution in [0.5, 0.6) is 0 Å². The Kier molecular flexibility index (Phi) is 21.3. The molecule has 0 amide bonds. The van der Waals surface area contributed by atoms with E-state index in [2.05, 4.69) is 14.2 Å². The summed E-state index contributed by atoms with van der Waals surface area (Å²) in [4.78, 5) is 20.6. The van der Waals surface area contributed by atoms with Crippen LogP contribution >= 0.6 is 0 Å². The minimum Gasteiger partial charge on any atom is -0.462 e. The van der Waals surface area contributed by atoms with Crippen LogP contribution in [0.25, 0.3) is 0 Å². The summed E-state index contributed by atoms with van der Waals surface area (Å²) < 4.78 is 13.7. The van der Waals surface area contributed by atoms with Crippen molar-refractivity contribution in [3.63, 3.8) is 0 Å². The summed E-state index contributed by atoms with van der Waals surface area (Å²) in [7, 11) is 1.55. The first kappa shape index (κ1) is 23.9. The van der Waals surface area contributed by atoms with E-state index < -0.39 is 0 Å². The van der Waals surface area contributed by atoms with Crippen LogP contribution in [0, 0.1) is 0 Å². The van der Waals surface area contributed by atoms with Crippen LogP contribution in [0.3, 0.4) is 0 Å². The molecule has 2 N–H and O–H groups in total. The minimum absolute atomic E-state index is 0.120. The quantitative estimate of drug-likeness (QED) is 0.713. The minimum atomic E-state index is -0.371. The lowest BCUT2D eigenvalue weighted by molar-refractivity contribution is -0.155. The molecule has 0 spiro atoms. The molecule has 0 aliphatic rings. The fraction of sp³-hybridized carbons (Fsp3) is 0.846. The van der Waals surface area contributed by atoms with E-state index in [0.717, 1.165) is 0 Å². The van der Waals surface area contributed by atoms with Gasteiger partial charge >= 0.3 is 11.9 Å². The van der Waals surface area contributed by atoms with Gasteiger partial charge < -0.3 is 24.4 Å². The average molecular weight is 296 g/mol. The molecule has 0 fully saturated rings. The lowest BCUT2D eigenvalue weighted by atomic mass is 10.4. The smallest absolute Gasteiger partial charge is 0.303 e. The molecular weight excluding hydrogens is 268 g/mol. The molecule has 0 aromatic carbocycles. The Morgan fingerprint density at radius 2 is 1.55 bits per heavy atom. The molecule has 7 heteroatoms. The van der Waals surface area contributed by atoms with Gasteiger partial charge in [0.2, 0.25) is 0 Å². The molecule has 122 valence electrons. The van der Waals surface area contributed by atoms with Crippen LogP contribution in [0.4, 0.5) is 0 Å². The van der Waals surface area contributed by atoms with Gasteiger partial charge in [-0.1, -0.05) is 0 Å². The van der Waals surface area contributed by atoms with Gasteiger partial charge in [-0.25, -0.2) is 0 Å². The standard InChI is InChI=1S/C7H12O4.C3H8O2.C3H8O/c1-5(11-7(3)9)4-10-6(2)8;1-5-3-2-4;1-3(2)4/h5H,4H2,1-3H3;4H,2-3H2,1H3;3-4H,1-2H3. The highest BCUT2D eigenvalue weighted by Gasteiger charge is 2.06. The molecule has 0 aromatic rings. The fourth-order valence-corrected chi connectivity index (χ4v) is 0.643. The average Bonchev–Trinajstić information content (AvgIpc) is 2.26. The van der Waals surface area contributed by atoms with Gasteiger partial charge in [-0.3, -0.25) is 9.59 Å². The van der Waals surface area contributed by atoms with Crippen LogP contribution in [-0.2, 0) is 23.8 Å². The first-order chi connectivity index (χ1) is 9.17. The van der Waals surface area contributed by atoms with E-state index in [0.29, 0.717) is 6.61 Å². The van der Waals surface area contributed by atoms with E-state index >= 15 is 0 Å². The van der Waals surface area contributed by atoms with Gasteiger partial charge in [0.25, 0.3) is 0 Å². The van der Waals surface area contributed by atoms with Crippen molar-refractivity contribution in [2.75, 3.05) is 26.9 Å². The zero-order chi connectivity index (χ0) is 16.6. The number of aliphatic hydroxyl groups excluding tert-OH is 2. The lowest BCUT2D eigenvalue weighted by Gasteiger charge is -2.10. The van der Waals surface area contributed by atoms with Gasteiger partial charge in [-0.2, -0.15) is 0 Å². The highest BCUT2D eigenvalue weighted by Crippen LogP contribution is 1.92. The van der Waals surface area contributed by atoms with Gasteiger partial charge in [0.15, 0.2) is 0 Å². The van der Waals surface area contributed by atoms with Crippen molar-refractivity contribution in [2.45, 2.75) is 46.8 Å². The third kappa shape index (κ3) is 43.7. The van der Waals surface area contributed by atoms with Crippen LogP contribution < -0.4 is 0 Å². The van der Waals surface area contributed by atoms with Gasteiger partial charge in [0.1, 0.15) is 12.7 Å². The topological polar surface area (TPSA) is 102 Å². The number of methoxy groups -OCH3 is 1. The maximum Gasteiger partial charge on any atom is 0.303 e. The van der Waals surface area contributed by atoms with Gasteiger partial charge in [-0.15, -0.1) is 0 Å². The van der Waals surface area contributed by atoms with Crippen molar-refractivity contribution >= 4 is 11.9 Å². The first-order valence-electron chi connectivity index (χ1n) is 6.25. The SMILES string of the molecule is CC(=O)OCC(C)OC(C)=O.CC(C)O.COCCO. The predicted molar refractivity (Wildman–Crippen MR) is 74.2 cm³/mol. The summed E-state index contributed by atoms with van der Waals surface area (Å²) in [5, 5.41) is 16.0. The molecule has 0 aliphatic carbocycles. The number of rotatable bonds is 5. The molecule has 0 heterocycles. The van der Waals surface area contributed by atoms with Crippen LogP contribution in [0.15, 0.2) is 0 Å². The molecule has 7 nitrogen and oxygen atoms in total. The molecule has 0 bridgehead atoms. The number of hydrogen-bond acceptors (Lipinski definition) is 7. The number of carbonyl (C=O) groups is 2. The predicted octanol–water partition coefficient (Wildman–Crippen LogP) is 0.513. The van der Waals surface area contributed by atoms with E-state index in [-0.39, 0.29) is 37.4 Å². The zero-order valence-corrected chi connectivity index (χ0v) is 13.2. The molecule has 0 aliphatic heterocycles. The number of esters is 2. The normalized spacial score (nSPS) is 10.4. The Morgan fingerprint density at radius 1 is 1.10 bits per heavy atom. The Labute approximate surface area is 120 Å². The third-order valence-electron chi connectivity index (χ3n) is 1.18. The van der Waals surface area contributed by atoms with Crippen molar-refractivity contribution in [1.82, 2.24) is 0 Å². The van der Waals surface area contributed by atoms with Crippen molar-refractivity contribution in [2.24, 2.45) is 0 Å². The van der Waals surface area contributed by atoms with Crippen molar-refractivity contribution in [3.8, 4) is 0 Å². The van der Waals surface area contributed by atoms with Crippen LogP contribution in [-0.4, -0.2) is 61.3 Å². The first-order valence-corrected chi connectivity index (χ1v) is 6.25. The van der Waals surface area contributed by atoms with E-state index in [1.807, 2.05) is 0 Å². The second-order valence-corrected chi connectivity index (χ2v) is 4.03. The van der Waals surface area contributed by atoms with Crippen LogP contribution in [0.2, 0.25) is 0 Å². The van der Waals surface area contributed by atoms with E-state index in [1.165, 1.54) is 13.8 Å². The van der Waals surface area contributed by atoms with E-state index in [1.54, 1.807) is 27.9 Å². The maximum atomic E-state index is 10.3. The Hall–Kier alpha value is -1.18. The maximum absolute atomic E-state index is 10.3. The lowest BCUT2D eigenvalue weighted by Crippen LogP contribution is -2.19. The van der Waals surface area contributed by atoms with Crippen LogP contribution in [0.1, 0.15) is 34.6 Å². The molecule has 1 unspecified atom stereocenters. The summed E-state index contributed by atoms with van der Waals surface area (Å²) >= 11 is 0. The van der Waals surface area contributed by atoms with Crippen molar-refractivity contribution in [3.05, 3.63) is 0 Å². The number of ether oxygens (including phenoxy) is 3. The van der Waals surface area contributed by atoms with Gasteiger partial charge in [0.05, 0.1) is 13.2 Å². The number of hydrogen-bond donors (Lipinski definition) is 2. The Balaban J connectivity index is -0.000000266. The molecule has 0 saturated carbocycles. The highest BCUT2D eigenvalue weighted by atomic mass is 16.6. The molecule has 0 saturated heterocycles. The van der Waals surface area contributed by atoms with Crippen molar-refractivity contribution < 1.29 is 34.0 Å². The number of aliphatic hydroxyl groups is 2. The zero-order valence-electron chi connectivity index (χ0n) is 13.2. The molecule has 0 rings (SSSR count). The third-order valence-corrected chi connectivity index (χ3v) is 1.18. The molecular formula is C13H28O7. The second-order valence-electron chi connectivity index (χ2n) is 4.03. The second kappa shape index (κ2) is 17.8. The van der Waals surface area contributed by atoms with E-state index in [4.69, 9.17) is 10.2 Å². The van der Waals surface area contributed by atoms with Crippen molar-refractivity contribution in [1.29, 1.82) is 0 Å². The Bertz CT molecular complexity index is 224. The highest BCUT2D eigenvalue weighted by molar-refractivity contribution is 5.67. The monoisotopic (exact) mass is 296 g/mol. The molecule has 0 radical (unpaired) electrons. The summed E-state index contributed by atoms with van der Waals surface area (Å²) in [6.45, 7) is 8.40. The fourth-order valence-electron chi connectivity index (χ4n) is 0.643. The largest absolute Gasteiger partial charge is 0.462 e. The van der Waals surface area contributed by atoms with E-state index in [9.17, 15) is 9.59 Å². The summed E-state index contributed by atoms with van der Waals surface area (Å²) in [6, 6.07) is 0. The molecule has 20 heavy (non-hydrogen) atoms. The molecule has 0 aromatic heterocycles. The summed E-state index contributed by atoms with van der Waals surface area (Å²) in [5.41, 5.74) is 0. The van der Waals surface area contributed by atoms with Gasteiger partial charge in [-0.05, 0) is 20.8 Å². The summed E-state index contributed by atoms with van der Waals surface area (Å²) in [6.07, 6.45) is -0.531. The Morgan fingerprint density at radius 3 is 1.75 bits per heavy atom. The van der Waals surface area contributed by atoms with Gasteiger partial charge in [0, 0.05) is 27.1 Å². The number of carbonyl (C=O) groups excluding carboxylic acids is 2.